The summed E-state index contributed by atoms with van der Waals surface area (Å²) in [6.07, 6.45) is 0. The minimum atomic E-state index is -0.611. The second kappa shape index (κ2) is 5.33. The molecule has 0 fully saturated rings. The molecule has 104 valence electrons. The summed E-state index contributed by atoms with van der Waals surface area (Å²) in [6.45, 7) is 4.29. The molecular formula is C16H12N2S2Te. The monoisotopic (exact) mass is 426 g/mol. The van der Waals surface area contributed by atoms with Crippen molar-refractivity contribution in [2.45, 2.75) is 13.8 Å². The van der Waals surface area contributed by atoms with Crippen LogP contribution in [0.25, 0.3) is 31.9 Å². The Kier molecular flexibility index (Phi) is 3.47. The Morgan fingerprint density at radius 3 is 1.57 bits per heavy atom. The number of aryl methyl sites for hydroxylation is 2. The quantitative estimate of drug-likeness (QED) is 0.434. The Labute approximate surface area is 141 Å². The van der Waals surface area contributed by atoms with Gasteiger partial charge in [-0.25, -0.2) is 0 Å². The Morgan fingerprint density at radius 1 is 0.714 bits per heavy atom. The summed E-state index contributed by atoms with van der Waals surface area (Å²) >= 11 is 3.05. The van der Waals surface area contributed by atoms with Crippen LogP contribution in [0.1, 0.15) is 9.75 Å². The van der Waals surface area contributed by atoms with Gasteiger partial charge < -0.3 is 0 Å². The van der Waals surface area contributed by atoms with E-state index in [9.17, 15) is 0 Å². The number of hydrogen-bond acceptors (Lipinski definition) is 4. The van der Waals surface area contributed by atoms with E-state index in [1.165, 1.54) is 30.6 Å². The molecule has 4 rings (SSSR count). The first kappa shape index (κ1) is 13.7. The first-order valence-corrected chi connectivity index (χ1v) is 10.3. The van der Waals surface area contributed by atoms with Gasteiger partial charge in [-0.1, -0.05) is 0 Å². The summed E-state index contributed by atoms with van der Waals surface area (Å²) in [5, 5.41) is 0. The molecule has 0 saturated heterocycles. The van der Waals surface area contributed by atoms with Crippen molar-refractivity contribution in [1.29, 1.82) is 0 Å². The van der Waals surface area contributed by atoms with Crippen LogP contribution in [0.5, 0.6) is 0 Å². The number of hydrogen-bond donors (Lipinski definition) is 0. The van der Waals surface area contributed by atoms with Crippen LogP contribution < -0.4 is 0 Å². The van der Waals surface area contributed by atoms with Gasteiger partial charge in [-0.3, -0.25) is 0 Å². The predicted molar refractivity (Wildman–Crippen MR) is 92.6 cm³/mol. The van der Waals surface area contributed by atoms with Crippen LogP contribution in [0.4, 0.5) is 0 Å². The van der Waals surface area contributed by atoms with E-state index in [1.54, 1.807) is 0 Å². The van der Waals surface area contributed by atoms with E-state index < -0.39 is 21.0 Å². The fourth-order valence-corrected chi connectivity index (χ4v) is 5.85. The number of fused-ring (bicyclic) bond motifs is 1. The van der Waals surface area contributed by atoms with E-state index in [4.69, 9.17) is 6.41 Å². The van der Waals surface area contributed by atoms with Crippen LogP contribution in [0.2, 0.25) is 0 Å². The van der Waals surface area contributed by atoms with E-state index in [2.05, 4.69) is 50.2 Å². The molecule has 0 atom stereocenters. The SMILES string of the molecule is Cc1ccc(-c2ccc(-c3ccc(C)s3)c3n[te]nc23)s1. The van der Waals surface area contributed by atoms with Gasteiger partial charge in [0.1, 0.15) is 0 Å². The van der Waals surface area contributed by atoms with Gasteiger partial charge in [-0.15, -0.1) is 0 Å². The molecule has 0 unspecified atom stereocenters. The average molecular weight is 424 g/mol. The van der Waals surface area contributed by atoms with Crippen molar-refractivity contribution in [3.05, 3.63) is 46.2 Å². The molecule has 0 bridgehead atoms. The fraction of sp³-hybridized carbons (Fsp3) is 0.125. The molecule has 2 nitrogen and oxygen atoms in total. The number of benzene rings is 1. The summed E-state index contributed by atoms with van der Waals surface area (Å²) in [5.41, 5.74) is 4.71. The molecule has 1 aromatic carbocycles. The van der Waals surface area contributed by atoms with E-state index in [0.29, 0.717) is 0 Å². The summed E-state index contributed by atoms with van der Waals surface area (Å²) in [7, 11) is 0. The molecule has 0 aliphatic rings. The third-order valence-corrected chi connectivity index (χ3v) is 7.00. The molecule has 21 heavy (non-hydrogen) atoms. The second-order valence-corrected chi connectivity index (χ2v) is 9.03. The molecular weight excluding hydrogens is 412 g/mol. The number of thiophene rings is 2. The zero-order valence-electron chi connectivity index (χ0n) is 11.6. The topological polar surface area (TPSA) is 25.8 Å². The van der Waals surface area contributed by atoms with Gasteiger partial charge in [0, 0.05) is 0 Å². The molecule has 3 aromatic heterocycles. The summed E-state index contributed by atoms with van der Waals surface area (Å²) in [6, 6.07) is 13.2. The molecule has 0 radical (unpaired) electrons. The van der Waals surface area contributed by atoms with Crippen molar-refractivity contribution in [2.75, 3.05) is 0 Å². The maximum absolute atomic E-state index is 4.75. The minimum absolute atomic E-state index is 0.611. The van der Waals surface area contributed by atoms with E-state index >= 15 is 0 Å². The van der Waals surface area contributed by atoms with Crippen molar-refractivity contribution < 1.29 is 0 Å². The molecule has 0 aliphatic carbocycles. The van der Waals surface area contributed by atoms with E-state index in [1.807, 2.05) is 22.7 Å². The molecule has 0 amide bonds. The van der Waals surface area contributed by atoms with Crippen LogP contribution >= 0.6 is 22.7 Å². The zero-order chi connectivity index (χ0) is 14.4. The first-order chi connectivity index (χ1) is 10.2. The van der Waals surface area contributed by atoms with Gasteiger partial charge >= 0.3 is 142 Å². The molecule has 3 heterocycles. The molecule has 4 aromatic rings. The van der Waals surface area contributed by atoms with Crippen LogP contribution in [-0.2, 0) is 0 Å². The number of rotatable bonds is 2. The predicted octanol–water partition coefficient (Wildman–Crippen LogP) is 4.76. The average Bonchev–Trinajstić information content (AvgIpc) is 3.18. The van der Waals surface area contributed by atoms with Crippen molar-refractivity contribution in [2.24, 2.45) is 0 Å². The standard InChI is InChI=1S/C16H12N2S2Te/c1-9-3-7-13(19-9)11-5-6-12(14-8-4-10(2)20-14)16-15(11)17-21-18-16/h3-8H,1-2H3. The molecule has 0 N–H and O–H groups in total. The van der Waals surface area contributed by atoms with Crippen LogP contribution in [0, 0.1) is 13.8 Å². The third-order valence-electron chi connectivity index (χ3n) is 3.43. The van der Waals surface area contributed by atoms with E-state index in [0.717, 1.165) is 11.0 Å². The Balaban J connectivity index is 1.96. The van der Waals surface area contributed by atoms with Crippen molar-refractivity contribution >= 4 is 54.7 Å². The maximum atomic E-state index is 4.75. The van der Waals surface area contributed by atoms with Gasteiger partial charge in [0.05, 0.1) is 0 Å². The third kappa shape index (κ3) is 2.39. The summed E-state index contributed by atoms with van der Waals surface area (Å²) in [5.74, 6) is 0. The number of nitrogens with zero attached hydrogens (tertiary/aromatic N) is 2. The second-order valence-electron chi connectivity index (χ2n) is 4.94. The zero-order valence-corrected chi connectivity index (χ0v) is 15.5. The van der Waals surface area contributed by atoms with Crippen molar-refractivity contribution in [1.82, 2.24) is 6.41 Å². The van der Waals surface area contributed by atoms with E-state index in [-0.39, 0.29) is 0 Å². The van der Waals surface area contributed by atoms with Crippen LogP contribution in [0.15, 0.2) is 36.4 Å². The summed E-state index contributed by atoms with van der Waals surface area (Å²) < 4.78 is 9.50. The van der Waals surface area contributed by atoms with Gasteiger partial charge in [0.2, 0.25) is 0 Å². The Morgan fingerprint density at radius 2 is 1.19 bits per heavy atom. The molecule has 0 saturated carbocycles. The number of aromatic nitrogens is 2. The fourth-order valence-electron chi connectivity index (χ4n) is 2.42. The molecule has 5 heteroatoms. The van der Waals surface area contributed by atoms with Crippen LogP contribution in [-0.4, -0.2) is 27.4 Å². The molecule has 0 spiro atoms. The Bertz CT molecular complexity index is 858. The Hall–Kier alpha value is -0.990. The van der Waals surface area contributed by atoms with Gasteiger partial charge in [0.15, 0.2) is 0 Å². The van der Waals surface area contributed by atoms with Gasteiger partial charge in [0.25, 0.3) is 0 Å². The first-order valence-electron chi connectivity index (χ1n) is 6.61. The normalized spacial score (nSPS) is 11.3. The molecule has 0 aliphatic heterocycles. The summed E-state index contributed by atoms with van der Waals surface area (Å²) in [4.78, 5) is 5.27. The van der Waals surface area contributed by atoms with Crippen LogP contribution in [0.3, 0.4) is 0 Å². The van der Waals surface area contributed by atoms with Gasteiger partial charge in [-0.05, 0) is 0 Å². The van der Waals surface area contributed by atoms with Crippen molar-refractivity contribution in [3.8, 4) is 20.9 Å². The van der Waals surface area contributed by atoms with Gasteiger partial charge in [-0.2, -0.15) is 0 Å². The van der Waals surface area contributed by atoms with Crippen molar-refractivity contribution in [3.63, 3.8) is 0 Å².